The fraction of sp³-hybridized carbons (Fsp3) is 0.500. The molecule has 0 aromatic heterocycles. The van der Waals surface area contributed by atoms with Crippen molar-refractivity contribution < 1.29 is 14.4 Å². The van der Waals surface area contributed by atoms with Crippen LogP contribution in [0.3, 0.4) is 0 Å². The summed E-state index contributed by atoms with van der Waals surface area (Å²) < 4.78 is 0. The Bertz CT molecular complexity index is 148. The van der Waals surface area contributed by atoms with Crippen molar-refractivity contribution in [3.05, 3.63) is 0 Å². The molecule has 0 saturated heterocycles. The molecule has 2 N–H and O–H groups in total. The first kappa shape index (κ1) is 9.77. The first-order valence-corrected chi connectivity index (χ1v) is 2.94. The minimum atomic E-state index is -0.461. The third-order valence-electron chi connectivity index (χ3n) is 1.04. The van der Waals surface area contributed by atoms with Gasteiger partial charge in [-0.3, -0.25) is 14.4 Å². The van der Waals surface area contributed by atoms with Gasteiger partial charge in [-0.25, -0.2) is 0 Å². The van der Waals surface area contributed by atoms with Gasteiger partial charge in [-0.2, -0.15) is 0 Å². The largest absolute Gasteiger partial charge is 0.326 e. The number of hydrogen-bond donors (Lipinski definition) is 1. The first-order chi connectivity index (χ1) is 5.26. The number of amides is 1. The topological polar surface area (TPSA) is 80.5 Å². The van der Waals surface area contributed by atoms with Gasteiger partial charge in [0.2, 0.25) is 18.5 Å². The van der Waals surface area contributed by atoms with Crippen molar-refractivity contribution in [2.45, 2.75) is 0 Å². The predicted octanol–water partition coefficient (Wildman–Crippen LogP) is -2.01. The molecule has 5 nitrogen and oxygen atoms in total. The second kappa shape index (κ2) is 5.55. The Balaban J connectivity index is 3.95. The summed E-state index contributed by atoms with van der Waals surface area (Å²) in [5.74, 6) is -0.461. The summed E-state index contributed by atoms with van der Waals surface area (Å²) in [5, 5.41) is 0. The van der Waals surface area contributed by atoms with Gasteiger partial charge in [0.15, 0.2) is 0 Å². The molecule has 0 aliphatic rings. The zero-order chi connectivity index (χ0) is 8.69. The van der Waals surface area contributed by atoms with E-state index in [1.54, 1.807) is 0 Å². The molecule has 5 heteroatoms. The molecular weight excluding hydrogens is 148 g/mol. The van der Waals surface area contributed by atoms with Crippen LogP contribution in [0, 0.1) is 0 Å². The number of carbonyl (C=O) groups excluding carboxylic acids is 3. The lowest BCUT2D eigenvalue weighted by Crippen LogP contribution is -2.38. The Morgan fingerprint density at radius 3 is 2.00 bits per heavy atom. The summed E-state index contributed by atoms with van der Waals surface area (Å²) in [4.78, 5) is 31.3. The number of nitrogens with zero attached hydrogens (tertiary/aromatic N) is 1. The van der Waals surface area contributed by atoms with Gasteiger partial charge in [0.25, 0.3) is 0 Å². The van der Waals surface area contributed by atoms with Crippen LogP contribution in [-0.4, -0.2) is 43.0 Å². The van der Waals surface area contributed by atoms with E-state index in [2.05, 4.69) is 0 Å². The normalized spacial score (nSPS) is 8.82. The van der Waals surface area contributed by atoms with Crippen LogP contribution in [0.25, 0.3) is 0 Å². The molecule has 0 aromatic carbocycles. The number of carbonyl (C=O) groups is 1. The molecule has 0 spiro atoms. The van der Waals surface area contributed by atoms with E-state index >= 15 is 0 Å². The molecule has 0 fully saturated rings. The van der Waals surface area contributed by atoms with Gasteiger partial charge in [0.05, 0.1) is 19.6 Å². The van der Waals surface area contributed by atoms with E-state index in [0.29, 0.717) is 0 Å². The van der Waals surface area contributed by atoms with Gasteiger partial charge in [-0.05, 0) is 0 Å². The van der Waals surface area contributed by atoms with Gasteiger partial charge in [0.1, 0.15) is 0 Å². The van der Waals surface area contributed by atoms with Gasteiger partial charge in [-0.1, -0.05) is 0 Å². The molecule has 0 aliphatic carbocycles. The third kappa shape index (κ3) is 3.47. The van der Waals surface area contributed by atoms with E-state index in [1.807, 2.05) is 0 Å². The third-order valence-corrected chi connectivity index (χ3v) is 1.04. The maximum atomic E-state index is 10.7. The molecule has 0 heterocycles. The van der Waals surface area contributed by atoms with E-state index in [-0.39, 0.29) is 19.6 Å². The van der Waals surface area contributed by atoms with Crippen molar-refractivity contribution in [2.24, 2.45) is 5.73 Å². The molecule has 0 bridgehead atoms. The van der Waals surface area contributed by atoms with Crippen LogP contribution in [0.1, 0.15) is 0 Å². The smallest absolute Gasteiger partial charge is 0.237 e. The number of hydrogen-bond acceptors (Lipinski definition) is 4. The van der Waals surface area contributed by atoms with E-state index in [9.17, 15) is 14.4 Å². The van der Waals surface area contributed by atoms with Crippen LogP contribution in [-0.2, 0) is 14.4 Å². The maximum absolute atomic E-state index is 10.7. The highest BCUT2D eigenvalue weighted by Crippen LogP contribution is 1.83. The lowest BCUT2D eigenvalue weighted by molar-refractivity contribution is -0.128. The van der Waals surface area contributed by atoms with E-state index < -0.39 is 5.91 Å². The molecule has 0 aromatic rings. The standard InChI is InChI=1S/C6H8N2O3/c7-5-6(11)8(1-3-9)2-4-10/h1-2,5,7H2. The highest BCUT2D eigenvalue weighted by molar-refractivity contribution is 5.82. The van der Waals surface area contributed by atoms with Gasteiger partial charge in [-0.15, -0.1) is 0 Å². The van der Waals surface area contributed by atoms with Crippen LogP contribution in [0.15, 0.2) is 0 Å². The zero-order valence-electron chi connectivity index (χ0n) is 5.87. The summed E-state index contributed by atoms with van der Waals surface area (Å²) in [6.07, 6.45) is 2.98. The summed E-state index contributed by atoms with van der Waals surface area (Å²) in [6.45, 7) is -0.681. The highest BCUT2D eigenvalue weighted by Gasteiger charge is 2.09. The van der Waals surface area contributed by atoms with Crippen molar-refractivity contribution in [1.29, 1.82) is 0 Å². The monoisotopic (exact) mass is 156 g/mol. The van der Waals surface area contributed by atoms with Crippen LogP contribution in [0.2, 0.25) is 0 Å². The van der Waals surface area contributed by atoms with Gasteiger partial charge < -0.3 is 10.6 Å². The van der Waals surface area contributed by atoms with Crippen molar-refractivity contribution in [3.8, 4) is 0 Å². The first-order valence-electron chi connectivity index (χ1n) is 2.94. The lowest BCUT2D eigenvalue weighted by atomic mass is 10.4. The van der Waals surface area contributed by atoms with Crippen molar-refractivity contribution >= 4 is 18.5 Å². The van der Waals surface area contributed by atoms with E-state index in [0.717, 1.165) is 4.90 Å². The average molecular weight is 156 g/mol. The molecule has 1 amide bonds. The number of rotatable bonds is 5. The van der Waals surface area contributed by atoms with Crippen molar-refractivity contribution in [1.82, 2.24) is 4.90 Å². The highest BCUT2D eigenvalue weighted by atomic mass is 16.2. The molecule has 2 radical (unpaired) electrons. The van der Waals surface area contributed by atoms with E-state index in [4.69, 9.17) is 5.73 Å². The molecule has 60 valence electrons. The van der Waals surface area contributed by atoms with Gasteiger partial charge in [0, 0.05) is 0 Å². The Kier molecular flexibility index (Phi) is 4.93. The Morgan fingerprint density at radius 1 is 1.27 bits per heavy atom. The maximum Gasteiger partial charge on any atom is 0.237 e. The molecule has 0 saturated carbocycles. The predicted molar refractivity (Wildman–Crippen MR) is 37.0 cm³/mol. The van der Waals surface area contributed by atoms with Crippen LogP contribution in [0.5, 0.6) is 0 Å². The summed E-state index contributed by atoms with van der Waals surface area (Å²) in [5.41, 5.74) is 4.98. The summed E-state index contributed by atoms with van der Waals surface area (Å²) >= 11 is 0. The summed E-state index contributed by atoms with van der Waals surface area (Å²) in [7, 11) is 0. The Hall–Kier alpha value is -1.23. The SMILES string of the molecule is NCC(=O)N(C[C]=O)C[C]=O. The quantitative estimate of drug-likeness (QED) is 0.499. The second-order valence-electron chi connectivity index (χ2n) is 1.74. The molecule has 0 unspecified atom stereocenters. The minimum Gasteiger partial charge on any atom is -0.326 e. The Morgan fingerprint density at radius 2 is 1.73 bits per heavy atom. The van der Waals surface area contributed by atoms with Gasteiger partial charge >= 0.3 is 0 Å². The molecule has 0 aliphatic heterocycles. The van der Waals surface area contributed by atoms with E-state index in [1.165, 1.54) is 12.6 Å². The molecule has 0 atom stereocenters. The molecule has 11 heavy (non-hydrogen) atoms. The second-order valence-corrected chi connectivity index (χ2v) is 1.74. The van der Waals surface area contributed by atoms with Crippen LogP contribution in [0.4, 0.5) is 0 Å². The average Bonchev–Trinajstić information content (AvgIpc) is 2.03. The molecule has 0 rings (SSSR count). The lowest BCUT2D eigenvalue weighted by Gasteiger charge is -2.14. The zero-order valence-corrected chi connectivity index (χ0v) is 5.87. The molecular formula is C6H8N2O3. The van der Waals surface area contributed by atoms with Crippen molar-refractivity contribution in [2.75, 3.05) is 19.6 Å². The van der Waals surface area contributed by atoms with Crippen LogP contribution < -0.4 is 5.73 Å². The fourth-order valence-corrected chi connectivity index (χ4v) is 0.517. The fourth-order valence-electron chi connectivity index (χ4n) is 0.517. The van der Waals surface area contributed by atoms with Crippen LogP contribution >= 0.6 is 0 Å². The van der Waals surface area contributed by atoms with Crippen molar-refractivity contribution in [3.63, 3.8) is 0 Å². The number of nitrogens with two attached hydrogens (primary N) is 1. The minimum absolute atomic E-state index is 0.219. The summed E-state index contributed by atoms with van der Waals surface area (Å²) in [6, 6.07) is 0. The Labute approximate surface area is 64.1 Å².